The normalized spacial score (nSPS) is 10.8. The van der Waals surface area contributed by atoms with Gasteiger partial charge in [0.15, 0.2) is 10.3 Å². The van der Waals surface area contributed by atoms with Gasteiger partial charge in [0.25, 0.3) is 0 Å². The zero-order valence-electron chi connectivity index (χ0n) is 15.5. The zero-order chi connectivity index (χ0) is 19.9. The number of carbonyl (C=O) groups excluding carboxylic acids is 1. The maximum atomic E-state index is 12.8. The molecule has 9 heteroatoms. The molecular formula is C19H21N5O2S2. The van der Waals surface area contributed by atoms with Crippen LogP contribution in [0.1, 0.15) is 13.3 Å². The molecule has 28 heavy (non-hydrogen) atoms. The average molecular weight is 416 g/mol. The first-order valence-corrected chi connectivity index (χ1v) is 10.7. The molecular weight excluding hydrogens is 394 g/mol. The molecule has 3 aromatic rings. The van der Waals surface area contributed by atoms with Crippen LogP contribution in [0, 0.1) is 0 Å². The SMILES string of the molecule is C=CCN(C(=O)CSc1n[nH]c(=O)n1CCC)c1nc(-c2ccccc2)cs1. The molecule has 0 atom stereocenters. The average Bonchev–Trinajstić information content (AvgIpc) is 3.33. The topological polar surface area (TPSA) is 83.9 Å². The number of aromatic amines is 1. The fourth-order valence-corrected chi connectivity index (χ4v) is 4.29. The van der Waals surface area contributed by atoms with E-state index in [-0.39, 0.29) is 17.3 Å². The highest BCUT2D eigenvalue weighted by Crippen LogP contribution is 2.28. The lowest BCUT2D eigenvalue weighted by molar-refractivity contribution is -0.116. The number of hydrogen-bond acceptors (Lipinski definition) is 6. The second-order valence-corrected chi connectivity index (χ2v) is 7.71. The lowest BCUT2D eigenvalue weighted by Crippen LogP contribution is -2.32. The molecule has 0 spiro atoms. The molecule has 7 nitrogen and oxygen atoms in total. The molecule has 1 aromatic carbocycles. The molecule has 0 saturated heterocycles. The number of nitrogens with one attached hydrogen (secondary N) is 1. The maximum Gasteiger partial charge on any atom is 0.343 e. The van der Waals surface area contributed by atoms with Crippen LogP contribution in [0.3, 0.4) is 0 Å². The van der Waals surface area contributed by atoms with Crippen LogP contribution in [0.15, 0.2) is 58.3 Å². The first-order chi connectivity index (χ1) is 13.6. The Morgan fingerprint density at radius 3 is 2.89 bits per heavy atom. The molecule has 2 heterocycles. The van der Waals surface area contributed by atoms with Crippen molar-refractivity contribution in [3.05, 3.63) is 58.9 Å². The first kappa shape index (κ1) is 20.1. The van der Waals surface area contributed by atoms with Crippen LogP contribution in [0.4, 0.5) is 5.13 Å². The third kappa shape index (κ3) is 4.60. The summed E-state index contributed by atoms with van der Waals surface area (Å²) in [5.74, 6) is 0.0413. The van der Waals surface area contributed by atoms with Crippen LogP contribution < -0.4 is 10.6 Å². The second kappa shape index (κ2) is 9.52. The number of H-pyrrole nitrogens is 1. The lowest BCUT2D eigenvalue weighted by Gasteiger charge is -2.17. The van der Waals surface area contributed by atoms with E-state index in [4.69, 9.17) is 0 Å². The van der Waals surface area contributed by atoms with Gasteiger partial charge in [0, 0.05) is 24.0 Å². The summed E-state index contributed by atoms with van der Waals surface area (Å²) in [5, 5.41) is 9.53. The summed E-state index contributed by atoms with van der Waals surface area (Å²) in [6.07, 6.45) is 2.48. The van der Waals surface area contributed by atoms with E-state index in [1.54, 1.807) is 15.5 Å². The van der Waals surface area contributed by atoms with Gasteiger partial charge >= 0.3 is 5.69 Å². The summed E-state index contributed by atoms with van der Waals surface area (Å²) in [6.45, 7) is 6.66. The number of thiazole rings is 1. The molecule has 0 aliphatic heterocycles. The van der Waals surface area contributed by atoms with Crippen molar-refractivity contribution in [2.45, 2.75) is 25.0 Å². The van der Waals surface area contributed by atoms with Crippen molar-refractivity contribution < 1.29 is 4.79 Å². The fraction of sp³-hybridized carbons (Fsp3) is 0.263. The molecule has 0 bridgehead atoms. The molecule has 1 amide bonds. The molecule has 0 saturated carbocycles. The fourth-order valence-electron chi connectivity index (χ4n) is 2.58. The highest BCUT2D eigenvalue weighted by molar-refractivity contribution is 7.99. The van der Waals surface area contributed by atoms with E-state index in [1.165, 1.54) is 23.1 Å². The van der Waals surface area contributed by atoms with E-state index in [0.717, 1.165) is 17.7 Å². The summed E-state index contributed by atoms with van der Waals surface area (Å²) in [7, 11) is 0. The Kier molecular flexibility index (Phi) is 6.83. The Bertz CT molecular complexity index is 993. The highest BCUT2D eigenvalue weighted by Gasteiger charge is 2.20. The van der Waals surface area contributed by atoms with Gasteiger partial charge in [0.05, 0.1) is 11.4 Å². The number of amides is 1. The minimum absolute atomic E-state index is 0.114. The van der Waals surface area contributed by atoms with E-state index < -0.39 is 0 Å². The molecule has 0 unspecified atom stereocenters. The van der Waals surface area contributed by atoms with Gasteiger partial charge in [-0.25, -0.2) is 14.9 Å². The van der Waals surface area contributed by atoms with Crippen molar-refractivity contribution in [3.63, 3.8) is 0 Å². The predicted octanol–water partition coefficient (Wildman–Crippen LogP) is 3.42. The summed E-state index contributed by atoms with van der Waals surface area (Å²) < 4.78 is 1.55. The molecule has 0 aliphatic rings. The lowest BCUT2D eigenvalue weighted by atomic mass is 10.2. The predicted molar refractivity (Wildman–Crippen MR) is 114 cm³/mol. The Morgan fingerprint density at radius 1 is 1.39 bits per heavy atom. The van der Waals surface area contributed by atoms with Gasteiger partial charge in [-0.05, 0) is 6.42 Å². The molecule has 146 valence electrons. The number of carbonyl (C=O) groups is 1. The van der Waals surface area contributed by atoms with Gasteiger partial charge < -0.3 is 0 Å². The number of aromatic nitrogens is 4. The van der Waals surface area contributed by atoms with Crippen molar-refractivity contribution in [1.82, 2.24) is 19.7 Å². The van der Waals surface area contributed by atoms with E-state index >= 15 is 0 Å². The maximum absolute atomic E-state index is 12.8. The Hall–Kier alpha value is -2.65. The molecule has 1 N–H and O–H groups in total. The van der Waals surface area contributed by atoms with Crippen LogP contribution in [0.25, 0.3) is 11.3 Å². The Labute approximate surface area is 171 Å². The zero-order valence-corrected chi connectivity index (χ0v) is 17.1. The van der Waals surface area contributed by atoms with Gasteiger partial charge in [0.1, 0.15) is 0 Å². The van der Waals surface area contributed by atoms with Gasteiger partial charge in [-0.3, -0.25) is 14.3 Å². The van der Waals surface area contributed by atoms with E-state index in [0.29, 0.717) is 23.4 Å². The van der Waals surface area contributed by atoms with Crippen LogP contribution in [0.5, 0.6) is 0 Å². The van der Waals surface area contributed by atoms with Crippen LogP contribution >= 0.6 is 23.1 Å². The smallest absolute Gasteiger partial charge is 0.284 e. The minimum Gasteiger partial charge on any atom is -0.284 e. The summed E-state index contributed by atoms with van der Waals surface area (Å²) in [5.41, 5.74) is 1.58. The largest absolute Gasteiger partial charge is 0.343 e. The van der Waals surface area contributed by atoms with E-state index in [9.17, 15) is 9.59 Å². The van der Waals surface area contributed by atoms with Crippen LogP contribution in [-0.2, 0) is 11.3 Å². The second-order valence-electron chi connectivity index (χ2n) is 5.93. The van der Waals surface area contributed by atoms with Crippen LogP contribution in [-0.4, -0.2) is 38.0 Å². The van der Waals surface area contributed by atoms with Crippen molar-refractivity contribution in [3.8, 4) is 11.3 Å². The van der Waals surface area contributed by atoms with Gasteiger partial charge in [0.2, 0.25) is 5.91 Å². The van der Waals surface area contributed by atoms with Crippen LogP contribution in [0.2, 0.25) is 0 Å². The van der Waals surface area contributed by atoms with Crippen molar-refractivity contribution in [1.29, 1.82) is 0 Å². The molecule has 0 radical (unpaired) electrons. The molecule has 0 fully saturated rings. The van der Waals surface area contributed by atoms with E-state index in [2.05, 4.69) is 21.8 Å². The van der Waals surface area contributed by atoms with E-state index in [1.807, 2.05) is 42.6 Å². The third-order valence-corrected chi connectivity index (χ3v) is 5.73. The summed E-state index contributed by atoms with van der Waals surface area (Å²) in [4.78, 5) is 30.8. The number of benzene rings is 1. The molecule has 3 rings (SSSR count). The number of hydrogen-bond donors (Lipinski definition) is 1. The number of rotatable bonds is 9. The van der Waals surface area contributed by atoms with Gasteiger partial charge in [-0.15, -0.1) is 23.0 Å². The third-order valence-electron chi connectivity index (χ3n) is 3.90. The Balaban J connectivity index is 1.74. The highest BCUT2D eigenvalue weighted by atomic mass is 32.2. The molecule has 0 aliphatic carbocycles. The van der Waals surface area contributed by atoms with Crippen molar-refractivity contribution in [2.24, 2.45) is 0 Å². The minimum atomic E-state index is -0.257. The standard InChI is InChI=1S/C19H21N5O2S2/c1-3-10-23(18-20-15(12-27-18)14-8-6-5-7-9-14)16(25)13-28-19-22-21-17(26)24(19)11-4-2/h3,5-9,12H,1,4,10-11,13H2,2H3,(H,21,26). The number of thioether (sulfide) groups is 1. The molecule has 2 aromatic heterocycles. The first-order valence-electron chi connectivity index (χ1n) is 8.84. The summed E-state index contributed by atoms with van der Waals surface area (Å²) in [6, 6.07) is 9.83. The Morgan fingerprint density at radius 2 is 2.18 bits per heavy atom. The summed E-state index contributed by atoms with van der Waals surface area (Å²) >= 11 is 2.66. The van der Waals surface area contributed by atoms with Crippen molar-refractivity contribution in [2.75, 3.05) is 17.2 Å². The number of nitrogens with zero attached hydrogens (tertiary/aromatic N) is 4. The number of anilines is 1. The quantitative estimate of drug-likeness (QED) is 0.428. The van der Waals surface area contributed by atoms with Gasteiger partial charge in [-0.2, -0.15) is 0 Å². The van der Waals surface area contributed by atoms with Gasteiger partial charge in [-0.1, -0.05) is 55.1 Å². The monoisotopic (exact) mass is 415 g/mol. The van der Waals surface area contributed by atoms with Crippen molar-refractivity contribution >= 4 is 34.1 Å².